The highest BCUT2D eigenvalue weighted by Gasteiger charge is 2.15. The molecule has 0 aromatic heterocycles. The van der Waals surface area contributed by atoms with Gasteiger partial charge in [0.15, 0.2) is 0 Å². The van der Waals surface area contributed by atoms with Crippen LogP contribution < -0.4 is 11.1 Å². The highest BCUT2D eigenvalue weighted by atomic mass is 35.5. The molecule has 1 amide bonds. The van der Waals surface area contributed by atoms with Gasteiger partial charge in [-0.2, -0.15) is 0 Å². The average molecular weight is 291 g/mol. The van der Waals surface area contributed by atoms with Crippen LogP contribution in [-0.4, -0.2) is 17.6 Å². The van der Waals surface area contributed by atoms with Gasteiger partial charge >= 0.3 is 0 Å². The van der Waals surface area contributed by atoms with Crippen molar-refractivity contribution in [3.05, 3.63) is 64.7 Å². The second-order valence-corrected chi connectivity index (χ2v) is 4.75. The largest absolute Gasteiger partial charge is 0.398 e. The minimum atomic E-state index is -0.774. The van der Waals surface area contributed by atoms with E-state index < -0.39 is 12.0 Å². The van der Waals surface area contributed by atoms with Crippen molar-refractivity contribution in [1.82, 2.24) is 5.32 Å². The predicted octanol–water partition coefficient (Wildman–Crippen LogP) is 2.39. The van der Waals surface area contributed by atoms with E-state index in [2.05, 4.69) is 5.32 Å². The lowest BCUT2D eigenvalue weighted by molar-refractivity contribution is 0.0917. The van der Waals surface area contributed by atoms with Crippen LogP contribution in [0.4, 0.5) is 5.69 Å². The van der Waals surface area contributed by atoms with Crippen molar-refractivity contribution < 1.29 is 9.90 Å². The first-order valence-corrected chi connectivity index (χ1v) is 6.52. The maximum Gasteiger partial charge on any atom is 0.254 e. The van der Waals surface area contributed by atoms with Gasteiger partial charge in [-0.15, -0.1) is 0 Å². The van der Waals surface area contributed by atoms with Crippen LogP contribution in [0.3, 0.4) is 0 Å². The molecule has 2 aromatic carbocycles. The molecular weight excluding hydrogens is 276 g/mol. The summed E-state index contributed by atoms with van der Waals surface area (Å²) in [6.45, 7) is 0.0908. The van der Waals surface area contributed by atoms with Crippen LogP contribution in [-0.2, 0) is 0 Å². The number of nitrogen functional groups attached to an aromatic ring is 1. The van der Waals surface area contributed by atoms with E-state index in [-0.39, 0.29) is 17.1 Å². The molecule has 0 saturated heterocycles. The Bertz CT molecular complexity index is 582. The molecule has 0 aliphatic rings. The zero-order valence-corrected chi connectivity index (χ0v) is 11.5. The highest BCUT2D eigenvalue weighted by molar-refractivity contribution is 6.34. The number of halogens is 1. The van der Waals surface area contributed by atoms with Gasteiger partial charge in [-0.3, -0.25) is 4.79 Å². The Morgan fingerprint density at radius 3 is 2.55 bits per heavy atom. The van der Waals surface area contributed by atoms with E-state index in [1.54, 1.807) is 30.3 Å². The quantitative estimate of drug-likeness (QED) is 0.757. The van der Waals surface area contributed by atoms with Crippen LogP contribution in [0, 0.1) is 0 Å². The van der Waals surface area contributed by atoms with Crippen molar-refractivity contribution in [3.8, 4) is 0 Å². The Morgan fingerprint density at radius 1 is 1.20 bits per heavy atom. The van der Waals surface area contributed by atoms with Crippen molar-refractivity contribution in [1.29, 1.82) is 0 Å². The monoisotopic (exact) mass is 290 g/mol. The first-order chi connectivity index (χ1) is 9.59. The van der Waals surface area contributed by atoms with Crippen molar-refractivity contribution in [3.63, 3.8) is 0 Å². The molecule has 20 heavy (non-hydrogen) atoms. The zero-order chi connectivity index (χ0) is 14.5. The summed E-state index contributed by atoms with van der Waals surface area (Å²) in [5.74, 6) is -0.400. The molecule has 0 saturated carbocycles. The normalized spacial score (nSPS) is 11.9. The summed E-state index contributed by atoms with van der Waals surface area (Å²) in [6, 6.07) is 14.0. The van der Waals surface area contributed by atoms with Gasteiger partial charge in [-0.1, -0.05) is 48.0 Å². The third kappa shape index (κ3) is 3.29. The van der Waals surface area contributed by atoms with Gasteiger partial charge < -0.3 is 16.2 Å². The number of hydrogen-bond donors (Lipinski definition) is 3. The molecule has 0 aliphatic heterocycles. The van der Waals surface area contributed by atoms with Crippen LogP contribution in [0.25, 0.3) is 0 Å². The van der Waals surface area contributed by atoms with Gasteiger partial charge in [-0.25, -0.2) is 0 Å². The van der Waals surface area contributed by atoms with Gasteiger partial charge in [-0.05, 0) is 17.7 Å². The van der Waals surface area contributed by atoms with Crippen LogP contribution in [0.1, 0.15) is 22.0 Å². The third-order valence-corrected chi connectivity index (χ3v) is 3.23. The molecule has 2 aromatic rings. The zero-order valence-electron chi connectivity index (χ0n) is 10.7. The van der Waals surface area contributed by atoms with Crippen LogP contribution >= 0.6 is 11.6 Å². The van der Waals surface area contributed by atoms with E-state index in [9.17, 15) is 9.90 Å². The summed E-state index contributed by atoms with van der Waals surface area (Å²) in [6.07, 6.45) is -0.774. The number of nitrogens with two attached hydrogens (primary N) is 1. The second-order valence-electron chi connectivity index (χ2n) is 4.34. The number of carbonyl (C=O) groups excluding carboxylic acids is 1. The molecule has 0 aliphatic carbocycles. The van der Waals surface area contributed by atoms with E-state index in [1.807, 2.05) is 18.2 Å². The minimum absolute atomic E-state index is 0.0908. The number of anilines is 1. The lowest BCUT2D eigenvalue weighted by Gasteiger charge is -2.13. The van der Waals surface area contributed by atoms with Crippen LogP contribution in [0.2, 0.25) is 5.02 Å². The van der Waals surface area contributed by atoms with Crippen LogP contribution in [0.5, 0.6) is 0 Å². The van der Waals surface area contributed by atoms with Crippen molar-refractivity contribution in [2.24, 2.45) is 0 Å². The number of benzene rings is 2. The fourth-order valence-corrected chi connectivity index (χ4v) is 2.12. The van der Waals surface area contributed by atoms with E-state index in [1.165, 1.54) is 0 Å². The van der Waals surface area contributed by atoms with E-state index in [0.29, 0.717) is 5.69 Å². The van der Waals surface area contributed by atoms with Crippen LogP contribution in [0.15, 0.2) is 48.5 Å². The number of amides is 1. The number of rotatable bonds is 4. The van der Waals surface area contributed by atoms with E-state index >= 15 is 0 Å². The molecular formula is C15H15ClN2O2. The Morgan fingerprint density at radius 2 is 1.90 bits per heavy atom. The lowest BCUT2D eigenvalue weighted by Crippen LogP contribution is -2.29. The number of aliphatic hydroxyl groups is 1. The van der Waals surface area contributed by atoms with E-state index in [0.717, 1.165) is 5.56 Å². The number of nitrogens with one attached hydrogen (secondary N) is 1. The molecule has 0 heterocycles. The topological polar surface area (TPSA) is 75.4 Å². The summed E-state index contributed by atoms with van der Waals surface area (Å²) >= 11 is 5.95. The maximum absolute atomic E-state index is 12.0. The van der Waals surface area contributed by atoms with Gasteiger partial charge in [0.1, 0.15) is 0 Å². The summed E-state index contributed by atoms with van der Waals surface area (Å²) in [5, 5.41) is 12.9. The molecule has 1 atom stereocenters. The van der Waals surface area contributed by atoms with Crippen molar-refractivity contribution >= 4 is 23.2 Å². The molecule has 1 unspecified atom stereocenters. The second kappa shape index (κ2) is 6.41. The fourth-order valence-electron chi connectivity index (χ4n) is 1.85. The highest BCUT2D eigenvalue weighted by Crippen LogP contribution is 2.21. The number of carbonyl (C=O) groups is 1. The summed E-state index contributed by atoms with van der Waals surface area (Å²) in [5.41, 5.74) is 7.01. The van der Waals surface area contributed by atoms with E-state index in [4.69, 9.17) is 17.3 Å². The summed E-state index contributed by atoms with van der Waals surface area (Å²) < 4.78 is 0. The number of aliphatic hydroxyl groups excluding tert-OH is 1. The smallest absolute Gasteiger partial charge is 0.254 e. The first kappa shape index (κ1) is 14.4. The average Bonchev–Trinajstić information content (AvgIpc) is 2.45. The summed E-state index contributed by atoms with van der Waals surface area (Å²) in [7, 11) is 0. The Balaban J connectivity index is 2.03. The Hall–Kier alpha value is -2.04. The van der Waals surface area contributed by atoms with Crippen molar-refractivity contribution in [2.75, 3.05) is 12.3 Å². The number of hydrogen-bond acceptors (Lipinski definition) is 3. The Labute approximate surface area is 122 Å². The molecule has 0 bridgehead atoms. The standard InChI is InChI=1S/C15H15ClN2O2/c16-11-7-4-8-12(17)14(11)15(20)18-9-13(19)10-5-2-1-3-6-10/h1-8,13,19H,9,17H2,(H,18,20). The summed E-state index contributed by atoms with van der Waals surface area (Å²) in [4.78, 5) is 12.0. The molecule has 4 N–H and O–H groups in total. The predicted molar refractivity (Wildman–Crippen MR) is 79.6 cm³/mol. The molecule has 4 nitrogen and oxygen atoms in total. The molecule has 0 spiro atoms. The third-order valence-electron chi connectivity index (χ3n) is 2.91. The molecule has 5 heteroatoms. The SMILES string of the molecule is Nc1cccc(Cl)c1C(=O)NCC(O)c1ccccc1. The van der Waals surface area contributed by atoms with Gasteiger partial charge in [0, 0.05) is 12.2 Å². The molecule has 0 fully saturated rings. The fraction of sp³-hybridized carbons (Fsp3) is 0.133. The first-order valence-electron chi connectivity index (χ1n) is 6.15. The maximum atomic E-state index is 12.0. The van der Waals surface area contributed by atoms with Gasteiger partial charge in [0.2, 0.25) is 0 Å². The lowest BCUT2D eigenvalue weighted by atomic mass is 10.1. The molecule has 2 rings (SSSR count). The van der Waals surface area contributed by atoms with Gasteiger partial charge in [0.05, 0.1) is 16.7 Å². The van der Waals surface area contributed by atoms with Gasteiger partial charge in [0.25, 0.3) is 5.91 Å². The molecule has 104 valence electrons. The van der Waals surface area contributed by atoms with Crippen molar-refractivity contribution in [2.45, 2.75) is 6.10 Å². The minimum Gasteiger partial charge on any atom is -0.398 e. The molecule has 0 radical (unpaired) electrons. The Kier molecular flexibility index (Phi) is 4.61.